The molecule has 1 aliphatic rings. The van der Waals surface area contributed by atoms with Gasteiger partial charge in [-0.05, 0) is 36.2 Å². The summed E-state index contributed by atoms with van der Waals surface area (Å²) in [7, 11) is 1.79. The molecule has 0 aliphatic carbocycles. The number of aryl methyl sites for hydroxylation is 2. The molecule has 0 bridgehead atoms. The highest BCUT2D eigenvalue weighted by molar-refractivity contribution is 5.76. The number of carbonyl (C=O) groups is 1. The van der Waals surface area contributed by atoms with E-state index in [1.54, 1.807) is 18.0 Å². The molecule has 1 fully saturated rings. The van der Waals surface area contributed by atoms with Crippen molar-refractivity contribution in [2.24, 2.45) is 0 Å². The molecule has 0 spiro atoms. The summed E-state index contributed by atoms with van der Waals surface area (Å²) < 4.78 is 10.8. The number of hydrogen-bond donors (Lipinski definition) is 0. The molecule has 4 rings (SSSR count). The molecule has 2 heterocycles. The fourth-order valence-electron chi connectivity index (χ4n) is 3.83. The summed E-state index contributed by atoms with van der Waals surface area (Å²) in [6, 6.07) is 13.6. The molecule has 1 aliphatic heterocycles. The van der Waals surface area contributed by atoms with E-state index in [9.17, 15) is 9.59 Å². The van der Waals surface area contributed by atoms with Gasteiger partial charge in [0, 0.05) is 45.2 Å². The number of hydrogen-bond acceptors (Lipinski definition) is 6. The maximum absolute atomic E-state index is 12.8. The Hall–Kier alpha value is -3.19. The van der Waals surface area contributed by atoms with Crippen molar-refractivity contribution in [1.82, 2.24) is 9.88 Å². The van der Waals surface area contributed by atoms with E-state index in [-0.39, 0.29) is 24.4 Å². The lowest BCUT2D eigenvalue weighted by atomic mass is 10.1. The van der Waals surface area contributed by atoms with E-state index in [2.05, 4.69) is 22.0 Å². The van der Waals surface area contributed by atoms with Crippen molar-refractivity contribution in [2.45, 2.75) is 26.3 Å². The second kappa shape index (κ2) is 9.31. The third kappa shape index (κ3) is 4.94. The Labute approximate surface area is 181 Å². The molecule has 2 aromatic carbocycles. The summed E-state index contributed by atoms with van der Waals surface area (Å²) in [5.74, 6) is -0.0395. The zero-order valence-electron chi connectivity index (χ0n) is 18.0. The highest BCUT2D eigenvalue weighted by atomic mass is 16.5. The number of para-hydroxylation sites is 1. The minimum Gasteiger partial charge on any atom is -0.420 e. The smallest absolute Gasteiger partial charge is 0.358 e. The Balaban J connectivity index is 1.42. The van der Waals surface area contributed by atoms with Crippen LogP contribution in [-0.2, 0) is 22.5 Å². The van der Waals surface area contributed by atoms with Crippen molar-refractivity contribution in [1.29, 1.82) is 0 Å². The summed E-state index contributed by atoms with van der Waals surface area (Å²) in [5, 5.41) is 0. The van der Waals surface area contributed by atoms with E-state index in [0.29, 0.717) is 30.9 Å². The van der Waals surface area contributed by atoms with Crippen LogP contribution < -0.4 is 10.5 Å². The number of nitrogens with zero attached hydrogens (tertiary/aromatic N) is 3. The fourth-order valence-corrected chi connectivity index (χ4v) is 3.83. The number of morpholine rings is 1. The van der Waals surface area contributed by atoms with Crippen LogP contribution in [0.5, 0.6) is 0 Å². The van der Waals surface area contributed by atoms with Crippen LogP contribution in [-0.4, -0.2) is 49.1 Å². The van der Waals surface area contributed by atoms with Gasteiger partial charge in [0.25, 0.3) is 0 Å². The molecule has 0 atom stereocenters. The van der Waals surface area contributed by atoms with Crippen LogP contribution in [0.1, 0.15) is 23.2 Å². The highest BCUT2D eigenvalue weighted by Gasteiger charge is 2.18. The molecule has 0 saturated carbocycles. The van der Waals surface area contributed by atoms with Gasteiger partial charge in [0.1, 0.15) is 11.2 Å². The summed E-state index contributed by atoms with van der Waals surface area (Å²) in [5.41, 5.74) is 4.17. The minimum absolute atomic E-state index is 0.0395. The summed E-state index contributed by atoms with van der Waals surface area (Å²) in [6.07, 6.45) is 0.450. The number of fused-ring (bicyclic) bond motifs is 1. The predicted octanol–water partition coefficient (Wildman–Crippen LogP) is 2.92. The number of ether oxygens (including phenoxy) is 1. The van der Waals surface area contributed by atoms with Crippen LogP contribution in [0.15, 0.2) is 51.7 Å². The van der Waals surface area contributed by atoms with Crippen molar-refractivity contribution < 1.29 is 13.9 Å². The summed E-state index contributed by atoms with van der Waals surface area (Å²) >= 11 is 0. The number of anilines is 1. The molecule has 3 aromatic rings. The first kappa shape index (κ1) is 21.1. The zero-order valence-corrected chi connectivity index (χ0v) is 18.0. The first-order valence-corrected chi connectivity index (χ1v) is 10.6. The van der Waals surface area contributed by atoms with E-state index in [1.165, 1.54) is 0 Å². The third-order valence-corrected chi connectivity index (χ3v) is 5.56. The number of benzene rings is 2. The number of amides is 1. The standard InChI is InChI=1S/C24H27N3O4/c1-17-7-9-22-20(15-17)25-19(24(29)31-22)8-10-23(28)26(2)16-18-5-3-4-6-21(18)27-11-13-30-14-12-27/h3-7,9,15H,8,10-14,16H2,1-2H3. The normalized spacial score (nSPS) is 14.1. The molecular weight excluding hydrogens is 394 g/mol. The summed E-state index contributed by atoms with van der Waals surface area (Å²) in [4.78, 5) is 33.4. The molecular formula is C24H27N3O4. The van der Waals surface area contributed by atoms with Gasteiger partial charge < -0.3 is 19.0 Å². The minimum atomic E-state index is -0.482. The monoisotopic (exact) mass is 421 g/mol. The number of carbonyl (C=O) groups excluding carboxylic acids is 1. The van der Waals surface area contributed by atoms with Crippen LogP contribution in [0.4, 0.5) is 5.69 Å². The van der Waals surface area contributed by atoms with Gasteiger partial charge in [-0.2, -0.15) is 0 Å². The van der Waals surface area contributed by atoms with E-state index in [0.717, 1.165) is 29.9 Å². The quantitative estimate of drug-likeness (QED) is 0.609. The number of rotatable bonds is 6. The Morgan fingerprint density at radius 3 is 2.74 bits per heavy atom. The van der Waals surface area contributed by atoms with Crippen molar-refractivity contribution in [3.8, 4) is 0 Å². The molecule has 0 unspecified atom stereocenters. The average Bonchev–Trinajstić information content (AvgIpc) is 2.78. The lowest BCUT2D eigenvalue weighted by molar-refractivity contribution is -0.130. The van der Waals surface area contributed by atoms with Crippen molar-refractivity contribution in [3.05, 3.63) is 69.7 Å². The van der Waals surface area contributed by atoms with Gasteiger partial charge >= 0.3 is 5.63 Å². The average molecular weight is 421 g/mol. The molecule has 162 valence electrons. The van der Waals surface area contributed by atoms with E-state index in [1.807, 2.05) is 31.2 Å². The fraction of sp³-hybridized carbons (Fsp3) is 0.375. The van der Waals surface area contributed by atoms with Gasteiger partial charge in [0.05, 0.1) is 13.2 Å². The van der Waals surface area contributed by atoms with Gasteiger partial charge in [-0.25, -0.2) is 9.78 Å². The Morgan fingerprint density at radius 1 is 1.16 bits per heavy atom. The maximum atomic E-state index is 12.8. The van der Waals surface area contributed by atoms with E-state index < -0.39 is 5.63 Å². The topological polar surface area (TPSA) is 75.9 Å². The predicted molar refractivity (Wildman–Crippen MR) is 119 cm³/mol. The lowest BCUT2D eigenvalue weighted by Crippen LogP contribution is -2.37. The van der Waals surface area contributed by atoms with E-state index >= 15 is 0 Å². The zero-order chi connectivity index (χ0) is 21.8. The highest BCUT2D eigenvalue weighted by Crippen LogP contribution is 2.23. The Morgan fingerprint density at radius 2 is 1.94 bits per heavy atom. The van der Waals surface area contributed by atoms with Gasteiger partial charge in [-0.1, -0.05) is 24.3 Å². The number of aromatic nitrogens is 1. The molecule has 7 nitrogen and oxygen atoms in total. The molecule has 1 amide bonds. The largest absolute Gasteiger partial charge is 0.420 e. The second-order valence-corrected chi connectivity index (χ2v) is 7.90. The van der Waals surface area contributed by atoms with E-state index in [4.69, 9.17) is 9.15 Å². The Kier molecular flexibility index (Phi) is 6.32. The molecule has 7 heteroatoms. The van der Waals surface area contributed by atoms with Crippen molar-refractivity contribution >= 4 is 22.7 Å². The maximum Gasteiger partial charge on any atom is 0.358 e. The Bertz CT molecular complexity index is 1140. The molecule has 0 N–H and O–H groups in total. The SMILES string of the molecule is Cc1ccc2oc(=O)c(CCC(=O)N(C)Cc3ccccc3N3CCOCC3)nc2c1. The van der Waals surface area contributed by atoms with Crippen LogP contribution in [0, 0.1) is 6.92 Å². The lowest BCUT2D eigenvalue weighted by Gasteiger charge is -2.31. The van der Waals surface area contributed by atoms with Gasteiger partial charge in [0.2, 0.25) is 5.91 Å². The van der Waals surface area contributed by atoms with Crippen LogP contribution in [0.3, 0.4) is 0 Å². The van der Waals surface area contributed by atoms with Crippen molar-refractivity contribution in [3.63, 3.8) is 0 Å². The van der Waals surface area contributed by atoms with Crippen LogP contribution in [0.25, 0.3) is 11.1 Å². The molecule has 31 heavy (non-hydrogen) atoms. The van der Waals surface area contributed by atoms with Gasteiger partial charge in [-0.3, -0.25) is 4.79 Å². The first-order chi connectivity index (χ1) is 15.0. The van der Waals surface area contributed by atoms with Crippen molar-refractivity contribution in [2.75, 3.05) is 38.3 Å². The third-order valence-electron chi connectivity index (χ3n) is 5.56. The molecule has 1 aromatic heterocycles. The van der Waals surface area contributed by atoms with Gasteiger partial charge in [0.15, 0.2) is 5.58 Å². The van der Waals surface area contributed by atoms with Crippen LogP contribution >= 0.6 is 0 Å². The molecule has 0 radical (unpaired) electrons. The van der Waals surface area contributed by atoms with Crippen LogP contribution in [0.2, 0.25) is 0 Å². The second-order valence-electron chi connectivity index (χ2n) is 7.90. The summed E-state index contributed by atoms with van der Waals surface area (Å²) in [6.45, 7) is 5.58. The molecule has 1 saturated heterocycles. The van der Waals surface area contributed by atoms with Gasteiger partial charge in [-0.15, -0.1) is 0 Å². The first-order valence-electron chi connectivity index (χ1n) is 10.6.